The Morgan fingerprint density at radius 3 is 2.20 bits per heavy atom. The van der Waals surface area contributed by atoms with Crippen molar-refractivity contribution in [3.8, 4) is 0 Å². The van der Waals surface area contributed by atoms with E-state index >= 15 is 0 Å². The molecule has 0 aliphatic carbocycles. The van der Waals surface area contributed by atoms with Gasteiger partial charge in [-0.05, 0) is 24.4 Å². The molecule has 0 radical (unpaired) electrons. The molecule has 3 nitrogen and oxygen atoms in total. The summed E-state index contributed by atoms with van der Waals surface area (Å²) in [6, 6.07) is 3.23. The maximum absolute atomic E-state index is 5.84. The minimum Gasteiger partial charge on any atom is -0.331 e. The van der Waals surface area contributed by atoms with E-state index in [1.54, 1.807) is 19.2 Å². The van der Waals surface area contributed by atoms with Crippen LogP contribution in [0.1, 0.15) is 0 Å². The van der Waals surface area contributed by atoms with Gasteiger partial charge in [-0.3, -0.25) is 5.01 Å². The first-order chi connectivity index (χ1) is 6.91. The molecule has 0 aliphatic heterocycles. The molecule has 15 heavy (non-hydrogen) atoms. The van der Waals surface area contributed by atoms with Crippen LogP contribution in [0, 0.1) is 0 Å². The number of hydrazine groups is 1. The summed E-state index contributed by atoms with van der Waals surface area (Å²) in [6.07, 6.45) is 0. The third kappa shape index (κ3) is 3.36. The van der Waals surface area contributed by atoms with E-state index in [-0.39, 0.29) is 0 Å². The molecule has 82 valence electrons. The van der Waals surface area contributed by atoms with E-state index in [9.17, 15) is 0 Å². The van der Waals surface area contributed by atoms with Crippen molar-refractivity contribution in [3.05, 3.63) is 27.2 Å². The fraction of sp³-hybridized carbons (Fsp3) is 0.125. The fourth-order valence-electron chi connectivity index (χ4n) is 0.839. The van der Waals surface area contributed by atoms with E-state index in [0.29, 0.717) is 25.9 Å². The second kappa shape index (κ2) is 5.18. The molecule has 0 fully saturated rings. The highest BCUT2D eigenvalue weighted by molar-refractivity contribution is 7.80. The number of rotatable bonds is 1. The van der Waals surface area contributed by atoms with Crippen LogP contribution < -0.4 is 11.2 Å². The van der Waals surface area contributed by atoms with Crippen molar-refractivity contribution in [1.82, 2.24) is 5.01 Å². The lowest BCUT2D eigenvalue weighted by atomic mass is 10.3. The zero-order valence-corrected chi connectivity index (χ0v) is 10.8. The van der Waals surface area contributed by atoms with Crippen molar-refractivity contribution >= 4 is 57.8 Å². The van der Waals surface area contributed by atoms with E-state index in [2.05, 4.69) is 5.32 Å². The number of nitrogens with zero attached hydrogens (tertiary/aromatic N) is 1. The zero-order valence-electron chi connectivity index (χ0n) is 7.72. The summed E-state index contributed by atoms with van der Waals surface area (Å²) in [4.78, 5) is 0. The molecule has 0 amide bonds. The summed E-state index contributed by atoms with van der Waals surface area (Å²) in [5.41, 5.74) is 0.636. The Balaban J connectivity index is 2.93. The molecule has 0 aromatic heterocycles. The summed E-state index contributed by atoms with van der Waals surface area (Å²) in [7, 11) is 1.62. The van der Waals surface area contributed by atoms with Gasteiger partial charge in [0.1, 0.15) is 0 Å². The van der Waals surface area contributed by atoms with Crippen LogP contribution >= 0.6 is 47.0 Å². The van der Waals surface area contributed by atoms with Crippen LogP contribution in [0.4, 0.5) is 5.69 Å². The number of nitrogens with two attached hydrogens (primary N) is 1. The molecule has 0 heterocycles. The molecule has 7 heteroatoms. The Kier molecular flexibility index (Phi) is 4.43. The maximum Gasteiger partial charge on any atom is 0.187 e. The van der Waals surface area contributed by atoms with Gasteiger partial charge in [0.2, 0.25) is 0 Å². The minimum atomic E-state index is 0.316. The number of hydrogen-bond donors (Lipinski definition) is 2. The third-order valence-electron chi connectivity index (χ3n) is 1.56. The summed E-state index contributed by atoms with van der Waals surface area (Å²) in [6.45, 7) is 0. The standard InChI is InChI=1S/C8H8Cl3N3S/c1-14(12)8(15)13-4-2-5(9)7(11)6(10)3-4/h2-3H,12H2,1H3,(H,13,15). The van der Waals surface area contributed by atoms with E-state index in [1.807, 2.05) is 0 Å². The van der Waals surface area contributed by atoms with Gasteiger partial charge in [-0.15, -0.1) is 0 Å². The Morgan fingerprint density at radius 1 is 1.33 bits per heavy atom. The molecule has 0 aliphatic rings. The molecule has 1 aromatic carbocycles. The van der Waals surface area contributed by atoms with E-state index in [4.69, 9.17) is 52.9 Å². The zero-order chi connectivity index (χ0) is 11.6. The van der Waals surface area contributed by atoms with Crippen LogP contribution in [0.2, 0.25) is 15.1 Å². The lowest BCUT2D eigenvalue weighted by Gasteiger charge is -2.15. The van der Waals surface area contributed by atoms with Gasteiger partial charge in [-0.2, -0.15) is 0 Å². The van der Waals surface area contributed by atoms with E-state index in [0.717, 1.165) is 0 Å². The lowest BCUT2D eigenvalue weighted by molar-refractivity contribution is 0.548. The Hall–Kier alpha value is -0.260. The molecule has 0 atom stereocenters. The number of halogens is 3. The van der Waals surface area contributed by atoms with Gasteiger partial charge in [-0.25, -0.2) is 5.84 Å². The first-order valence-corrected chi connectivity index (χ1v) is 5.40. The second-order valence-electron chi connectivity index (χ2n) is 2.79. The van der Waals surface area contributed by atoms with Crippen molar-refractivity contribution in [1.29, 1.82) is 0 Å². The molecule has 1 aromatic rings. The van der Waals surface area contributed by atoms with Gasteiger partial charge < -0.3 is 5.32 Å². The highest BCUT2D eigenvalue weighted by Crippen LogP contribution is 2.33. The second-order valence-corrected chi connectivity index (χ2v) is 4.37. The number of nitrogens with one attached hydrogen (secondary N) is 1. The smallest absolute Gasteiger partial charge is 0.187 e. The number of anilines is 1. The van der Waals surface area contributed by atoms with Gasteiger partial charge in [0.05, 0.1) is 15.1 Å². The quantitative estimate of drug-likeness (QED) is 0.360. The van der Waals surface area contributed by atoms with Crippen LogP contribution in [-0.2, 0) is 0 Å². The monoisotopic (exact) mass is 283 g/mol. The lowest BCUT2D eigenvalue weighted by Crippen LogP contribution is -2.36. The highest BCUT2D eigenvalue weighted by atomic mass is 35.5. The Labute approximate surface area is 108 Å². The molecule has 0 unspecified atom stereocenters. The van der Waals surface area contributed by atoms with Crippen molar-refractivity contribution in [2.45, 2.75) is 0 Å². The van der Waals surface area contributed by atoms with Crippen molar-refractivity contribution < 1.29 is 0 Å². The summed E-state index contributed by atoms with van der Waals surface area (Å²) >= 11 is 22.4. The number of thiocarbonyl (C=S) groups is 1. The molecule has 0 spiro atoms. The molecule has 3 N–H and O–H groups in total. The largest absolute Gasteiger partial charge is 0.331 e. The summed E-state index contributed by atoms with van der Waals surface area (Å²) in [5, 5.41) is 5.50. The van der Waals surface area contributed by atoms with Crippen LogP contribution in [0.25, 0.3) is 0 Å². The minimum absolute atomic E-state index is 0.316. The summed E-state index contributed by atoms with van der Waals surface area (Å²) in [5.74, 6) is 5.43. The van der Waals surface area contributed by atoms with Crippen molar-refractivity contribution in [3.63, 3.8) is 0 Å². The third-order valence-corrected chi connectivity index (χ3v) is 3.14. The van der Waals surface area contributed by atoms with Gasteiger partial charge >= 0.3 is 0 Å². The average Bonchev–Trinajstić information content (AvgIpc) is 2.13. The number of benzene rings is 1. The average molecular weight is 285 g/mol. The predicted octanol–water partition coefficient (Wildman–Crippen LogP) is 3.15. The van der Waals surface area contributed by atoms with Crippen molar-refractivity contribution in [2.75, 3.05) is 12.4 Å². The van der Waals surface area contributed by atoms with Crippen LogP contribution in [0.15, 0.2) is 12.1 Å². The van der Waals surface area contributed by atoms with Gasteiger partial charge in [0.25, 0.3) is 0 Å². The van der Waals surface area contributed by atoms with Gasteiger partial charge in [0, 0.05) is 12.7 Å². The maximum atomic E-state index is 5.84. The molecule has 0 saturated carbocycles. The van der Waals surface area contributed by atoms with Crippen LogP contribution in [0.5, 0.6) is 0 Å². The first kappa shape index (κ1) is 12.8. The van der Waals surface area contributed by atoms with Crippen molar-refractivity contribution in [2.24, 2.45) is 5.84 Å². The SMILES string of the molecule is CN(N)C(=S)Nc1cc(Cl)c(Cl)c(Cl)c1. The predicted molar refractivity (Wildman–Crippen MR) is 69.6 cm³/mol. The summed E-state index contributed by atoms with van der Waals surface area (Å²) < 4.78 is 0. The molecule has 1 rings (SSSR count). The highest BCUT2D eigenvalue weighted by Gasteiger charge is 2.07. The molecular weight excluding hydrogens is 277 g/mol. The number of hydrogen-bond acceptors (Lipinski definition) is 2. The van der Waals surface area contributed by atoms with Gasteiger partial charge in [-0.1, -0.05) is 34.8 Å². The topological polar surface area (TPSA) is 41.3 Å². The Bertz CT molecular complexity index is 372. The van der Waals surface area contributed by atoms with E-state index in [1.165, 1.54) is 5.01 Å². The fourth-order valence-corrected chi connectivity index (χ4v) is 1.55. The van der Waals surface area contributed by atoms with Gasteiger partial charge in [0.15, 0.2) is 5.11 Å². The first-order valence-electron chi connectivity index (χ1n) is 3.85. The van der Waals surface area contributed by atoms with E-state index < -0.39 is 0 Å². The normalized spacial score (nSPS) is 9.93. The van der Waals surface area contributed by atoms with Crippen LogP contribution in [0.3, 0.4) is 0 Å². The molecule has 0 bridgehead atoms. The molecular formula is C8H8Cl3N3S. The van der Waals surface area contributed by atoms with Crippen LogP contribution in [-0.4, -0.2) is 17.2 Å². The Morgan fingerprint density at radius 2 is 1.80 bits per heavy atom. The molecule has 0 saturated heterocycles.